The molecule has 0 aromatic carbocycles. The van der Waals surface area contributed by atoms with E-state index in [1.807, 2.05) is 11.3 Å². The molecule has 1 saturated heterocycles. The largest absolute Gasteiger partial charge is 0.314 e. The second-order valence-corrected chi connectivity index (χ2v) is 6.42. The number of hydrogen-bond acceptors (Lipinski definition) is 3. The van der Waals surface area contributed by atoms with Gasteiger partial charge in [0.05, 0.1) is 0 Å². The Morgan fingerprint density at radius 2 is 2.41 bits per heavy atom. The molecule has 1 atom stereocenters. The zero-order valence-electron chi connectivity index (χ0n) is 11.0. The minimum absolute atomic E-state index is 0.614. The van der Waals surface area contributed by atoms with Crippen LogP contribution in [0, 0.1) is 5.92 Å². The maximum atomic E-state index is 3.57. The van der Waals surface area contributed by atoms with Gasteiger partial charge < -0.3 is 5.32 Å². The second kappa shape index (κ2) is 6.53. The van der Waals surface area contributed by atoms with Crippen molar-refractivity contribution in [2.24, 2.45) is 5.92 Å². The van der Waals surface area contributed by atoms with E-state index < -0.39 is 0 Å². The molecule has 0 amide bonds. The Labute approximate surface area is 109 Å². The fourth-order valence-corrected chi connectivity index (χ4v) is 3.23. The van der Waals surface area contributed by atoms with Gasteiger partial charge in [0.25, 0.3) is 0 Å². The van der Waals surface area contributed by atoms with Crippen molar-refractivity contribution in [1.82, 2.24) is 10.2 Å². The van der Waals surface area contributed by atoms with Gasteiger partial charge in [0.2, 0.25) is 0 Å². The molecule has 0 radical (unpaired) electrons. The fourth-order valence-electron chi connectivity index (χ4n) is 2.49. The van der Waals surface area contributed by atoms with E-state index in [0.29, 0.717) is 6.04 Å². The molecule has 17 heavy (non-hydrogen) atoms. The van der Waals surface area contributed by atoms with Gasteiger partial charge in [-0.15, -0.1) is 11.3 Å². The quantitative estimate of drug-likeness (QED) is 0.867. The number of hydrogen-bond donors (Lipinski definition) is 1. The molecule has 2 nitrogen and oxygen atoms in total. The third-order valence-electron chi connectivity index (χ3n) is 3.38. The first-order valence-electron chi connectivity index (χ1n) is 6.72. The normalized spacial score (nSPS) is 22.2. The molecular formula is C14H24N2S. The predicted molar refractivity (Wildman–Crippen MR) is 75.5 cm³/mol. The molecule has 1 fully saturated rings. The van der Waals surface area contributed by atoms with Crippen LogP contribution in [0.4, 0.5) is 0 Å². The van der Waals surface area contributed by atoms with E-state index >= 15 is 0 Å². The first-order chi connectivity index (χ1) is 8.24. The molecule has 1 aliphatic rings. The van der Waals surface area contributed by atoms with Gasteiger partial charge in [-0.05, 0) is 43.3 Å². The predicted octanol–water partition coefficient (Wildman–Crippen LogP) is 2.96. The van der Waals surface area contributed by atoms with Crippen molar-refractivity contribution >= 4 is 11.3 Å². The highest BCUT2D eigenvalue weighted by molar-refractivity contribution is 7.09. The van der Waals surface area contributed by atoms with E-state index in [1.54, 1.807) is 0 Å². The minimum atomic E-state index is 0.614. The van der Waals surface area contributed by atoms with Gasteiger partial charge in [0, 0.05) is 24.0 Å². The van der Waals surface area contributed by atoms with Crippen molar-refractivity contribution in [3.63, 3.8) is 0 Å². The Morgan fingerprint density at radius 1 is 1.53 bits per heavy atom. The molecule has 1 aromatic heterocycles. The number of likely N-dealkylation sites (tertiary alicyclic amines) is 1. The molecule has 0 spiro atoms. The maximum absolute atomic E-state index is 3.57. The van der Waals surface area contributed by atoms with Gasteiger partial charge in [0.15, 0.2) is 0 Å². The second-order valence-electron chi connectivity index (χ2n) is 5.39. The lowest BCUT2D eigenvalue weighted by atomic mass is 9.97. The molecule has 1 unspecified atom stereocenters. The molecule has 0 bridgehead atoms. The van der Waals surface area contributed by atoms with Crippen LogP contribution in [-0.4, -0.2) is 30.6 Å². The van der Waals surface area contributed by atoms with Gasteiger partial charge in [-0.3, -0.25) is 4.90 Å². The Morgan fingerprint density at radius 3 is 3.12 bits per heavy atom. The molecule has 1 aliphatic heterocycles. The lowest BCUT2D eigenvalue weighted by Crippen LogP contribution is -2.40. The Hall–Kier alpha value is -0.380. The van der Waals surface area contributed by atoms with Crippen LogP contribution in [0.15, 0.2) is 17.5 Å². The van der Waals surface area contributed by atoms with Gasteiger partial charge >= 0.3 is 0 Å². The summed E-state index contributed by atoms with van der Waals surface area (Å²) in [7, 11) is 0. The first kappa shape index (κ1) is 13.1. The Kier molecular flexibility index (Phi) is 5.01. The van der Waals surface area contributed by atoms with Crippen molar-refractivity contribution < 1.29 is 0 Å². The summed E-state index contributed by atoms with van der Waals surface area (Å²) in [4.78, 5) is 4.12. The fraction of sp³-hybridized carbons (Fsp3) is 0.714. The van der Waals surface area contributed by atoms with Crippen LogP contribution in [0.3, 0.4) is 0 Å². The number of thiophene rings is 1. The van der Waals surface area contributed by atoms with E-state index in [-0.39, 0.29) is 0 Å². The monoisotopic (exact) mass is 252 g/mol. The molecule has 0 saturated carbocycles. The standard InChI is InChI=1S/C14H24N2S/c1-12(2)15-9-13-5-3-7-16(10-13)11-14-6-4-8-17-14/h4,6,8,12-13,15H,3,5,7,9-11H2,1-2H3. The van der Waals surface area contributed by atoms with Crippen LogP contribution >= 0.6 is 11.3 Å². The minimum Gasteiger partial charge on any atom is -0.314 e. The van der Waals surface area contributed by atoms with Crippen molar-refractivity contribution in [2.75, 3.05) is 19.6 Å². The smallest absolute Gasteiger partial charge is 0.0328 e. The molecule has 96 valence electrons. The average molecular weight is 252 g/mol. The van der Waals surface area contributed by atoms with E-state index in [1.165, 1.54) is 37.4 Å². The van der Waals surface area contributed by atoms with Crippen LogP contribution in [0.25, 0.3) is 0 Å². The Balaban J connectivity index is 1.76. The van der Waals surface area contributed by atoms with Crippen LogP contribution < -0.4 is 5.32 Å². The number of nitrogens with zero attached hydrogens (tertiary/aromatic N) is 1. The highest BCUT2D eigenvalue weighted by atomic mass is 32.1. The molecule has 0 aliphatic carbocycles. The average Bonchev–Trinajstić information content (AvgIpc) is 2.80. The lowest BCUT2D eigenvalue weighted by Gasteiger charge is -2.33. The molecular weight excluding hydrogens is 228 g/mol. The van der Waals surface area contributed by atoms with E-state index in [2.05, 4.69) is 41.6 Å². The third-order valence-corrected chi connectivity index (χ3v) is 4.24. The lowest BCUT2D eigenvalue weighted by molar-refractivity contribution is 0.165. The SMILES string of the molecule is CC(C)NCC1CCCN(Cc2cccs2)C1. The molecule has 3 heteroatoms. The number of piperidine rings is 1. The summed E-state index contributed by atoms with van der Waals surface area (Å²) in [5.74, 6) is 0.839. The molecule has 1 N–H and O–H groups in total. The van der Waals surface area contributed by atoms with Crippen molar-refractivity contribution in [3.05, 3.63) is 22.4 Å². The van der Waals surface area contributed by atoms with Crippen molar-refractivity contribution in [2.45, 2.75) is 39.3 Å². The van der Waals surface area contributed by atoms with E-state index in [4.69, 9.17) is 0 Å². The van der Waals surface area contributed by atoms with Crippen LogP contribution in [0.1, 0.15) is 31.6 Å². The van der Waals surface area contributed by atoms with E-state index in [9.17, 15) is 0 Å². The summed E-state index contributed by atoms with van der Waals surface area (Å²) in [6.07, 6.45) is 2.75. The summed E-state index contributed by atoms with van der Waals surface area (Å²) in [5.41, 5.74) is 0. The Bertz CT molecular complexity index is 308. The molecule has 2 rings (SSSR count). The number of rotatable bonds is 5. The summed E-state index contributed by atoms with van der Waals surface area (Å²) in [6, 6.07) is 5.02. The van der Waals surface area contributed by atoms with Gasteiger partial charge in [-0.25, -0.2) is 0 Å². The molecule has 2 heterocycles. The third kappa shape index (κ3) is 4.41. The summed E-state index contributed by atoms with van der Waals surface area (Å²) in [6.45, 7) is 9.32. The molecule has 1 aromatic rings. The summed E-state index contributed by atoms with van der Waals surface area (Å²) >= 11 is 1.88. The highest BCUT2D eigenvalue weighted by Gasteiger charge is 2.19. The topological polar surface area (TPSA) is 15.3 Å². The van der Waals surface area contributed by atoms with Crippen molar-refractivity contribution in [1.29, 1.82) is 0 Å². The zero-order valence-corrected chi connectivity index (χ0v) is 11.8. The van der Waals surface area contributed by atoms with Gasteiger partial charge in [-0.2, -0.15) is 0 Å². The highest BCUT2D eigenvalue weighted by Crippen LogP contribution is 2.19. The van der Waals surface area contributed by atoms with Crippen molar-refractivity contribution in [3.8, 4) is 0 Å². The zero-order chi connectivity index (χ0) is 12.1. The number of nitrogens with one attached hydrogen (secondary N) is 1. The van der Waals surface area contributed by atoms with E-state index in [0.717, 1.165) is 12.5 Å². The van der Waals surface area contributed by atoms with Crippen LogP contribution in [0.5, 0.6) is 0 Å². The maximum Gasteiger partial charge on any atom is 0.0328 e. The first-order valence-corrected chi connectivity index (χ1v) is 7.60. The van der Waals surface area contributed by atoms with Gasteiger partial charge in [-0.1, -0.05) is 19.9 Å². The van der Waals surface area contributed by atoms with Gasteiger partial charge in [0.1, 0.15) is 0 Å². The van der Waals surface area contributed by atoms with Crippen LogP contribution in [0.2, 0.25) is 0 Å². The van der Waals surface area contributed by atoms with Crippen LogP contribution in [-0.2, 0) is 6.54 Å². The summed E-state index contributed by atoms with van der Waals surface area (Å²) in [5, 5.41) is 5.75. The summed E-state index contributed by atoms with van der Waals surface area (Å²) < 4.78 is 0.